The average molecular weight is 313 g/mol. The second-order valence-electron chi connectivity index (χ2n) is 6.36. The molecule has 1 N–H and O–H groups in total. The molecule has 0 spiro atoms. The highest BCUT2D eigenvalue weighted by Gasteiger charge is 2.39. The van der Waals surface area contributed by atoms with Crippen LogP contribution in [0.2, 0.25) is 0 Å². The zero-order chi connectivity index (χ0) is 15.0. The molecule has 0 aromatic carbocycles. The van der Waals surface area contributed by atoms with Crippen LogP contribution in [-0.4, -0.2) is 53.1 Å². The standard InChI is InChI=1S/C14H23N3O3S/c1-16-7-12(6-15-16)14-9-17(8-13(14)10-18)21(19,20)5-4-11-2-3-11/h6-7,11,13-14,18H,2-5,8-10H2,1H3/t13-,14-/m0/s1. The molecule has 1 aliphatic heterocycles. The number of sulfonamides is 1. The highest BCUT2D eigenvalue weighted by molar-refractivity contribution is 7.89. The molecule has 7 heteroatoms. The summed E-state index contributed by atoms with van der Waals surface area (Å²) in [6.07, 6.45) is 6.81. The van der Waals surface area contributed by atoms with Crippen LogP contribution in [-0.2, 0) is 17.1 Å². The van der Waals surface area contributed by atoms with E-state index in [2.05, 4.69) is 5.10 Å². The maximum Gasteiger partial charge on any atom is 0.214 e. The maximum atomic E-state index is 12.4. The molecule has 0 amide bonds. The summed E-state index contributed by atoms with van der Waals surface area (Å²) in [6.45, 7) is 0.890. The molecule has 0 bridgehead atoms. The molecule has 1 aromatic heterocycles. The predicted octanol–water partition coefficient (Wildman–Crippen LogP) is 0.558. The third kappa shape index (κ3) is 3.30. The molecule has 118 valence electrons. The molecule has 21 heavy (non-hydrogen) atoms. The van der Waals surface area contributed by atoms with Crippen molar-refractivity contribution in [3.63, 3.8) is 0 Å². The lowest BCUT2D eigenvalue weighted by atomic mass is 9.92. The first kappa shape index (κ1) is 15.0. The second-order valence-corrected chi connectivity index (χ2v) is 8.45. The summed E-state index contributed by atoms with van der Waals surface area (Å²) in [6, 6.07) is 0. The highest BCUT2D eigenvalue weighted by Crippen LogP contribution is 2.36. The number of hydrogen-bond acceptors (Lipinski definition) is 4. The SMILES string of the molecule is Cn1cc([C@@H]2CN(S(=O)(=O)CCC3CC3)C[C@H]2CO)cn1. The van der Waals surface area contributed by atoms with E-state index in [0.29, 0.717) is 19.0 Å². The zero-order valence-corrected chi connectivity index (χ0v) is 13.2. The van der Waals surface area contributed by atoms with Crippen LogP contribution in [0.15, 0.2) is 12.4 Å². The summed E-state index contributed by atoms with van der Waals surface area (Å²) in [4.78, 5) is 0. The van der Waals surface area contributed by atoms with Gasteiger partial charge in [-0.15, -0.1) is 0 Å². The van der Waals surface area contributed by atoms with Crippen LogP contribution in [0.1, 0.15) is 30.7 Å². The Labute approximate surface area is 125 Å². The summed E-state index contributed by atoms with van der Waals surface area (Å²) in [7, 11) is -1.35. The molecule has 3 rings (SSSR count). The normalized spacial score (nSPS) is 27.3. The van der Waals surface area contributed by atoms with Crippen LogP contribution < -0.4 is 0 Å². The quantitative estimate of drug-likeness (QED) is 0.832. The lowest BCUT2D eigenvalue weighted by Crippen LogP contribution is -2.31. The zero-order valence-electron chi connectivity index (χ0n) is 12.4. The first-order valence-corrected chi connectivity index (χ1v) is 9.17. The van der Waals surface area contributed by atoms with E-state index in [-0.39, 0.29) is 24.2 Å². The lowest BCUT2D eigenvalue weighted by Gasteiger charge is -2.16. The monoisotopic (exact) mass is 313 g/mol. The Morgan fingerprint density at radius 1 is 1.38 bits per heavy atom. The van der Waals surface area contributed by atoms with Gasteiger partial charge in [0.05, 0.1) is 11.9 Å². The van der Waals surface area contributed by atoms with Crippen molar-refractivity contribution in [2.45, 2.75) is 25.2 Å². The van der Waals surface area contributed by atoms with Crippen molar-refractivity contribution in [1.82, 2.24) is 14.1 Å². The minimum atomic E-state index is -3.20. The van der Waals surface area contributed by atoms with E-state index in [1.54, 1.807) is 15.2 Å². The van der Waals surface area contributed by atoms with Gasteiger partial charge in [0.1, 0.15) is 0 Å². The number of aliphatic hydroxyl groups excluding tert-OH is 1. The Morgan fingerprint density at radius 2 is 2.14 bits per heavy atom. The fourth-order valence-corrected chi connectivity index (χ4v) is 4.80. The number of aryl methyl sites for hydroxylation is 1. The van der Waals surface area contributed by atoms with Gasteiger partial charge < -0.3 is 5.11 Å². The first-order chi connectivity index (χ1) is 9.99. The molecule has 6 nitrogen and oxygen atoms in total. The summed E-state index contributed by atoms with van der Waals surface area (Å²) < 4.78 is 28.1. The van der Waals surface area contributed by atoms with Crippen molar-refractivity contribution >= 4 is 10.0 Å². The van der Waals surface area contributed by atoms with E-state index in [1.165, 1.54) is 12.8 Å². The fourth-order valence-electron chi connectivity index (χ4n) is 3.10. The molecule has 1 saturated heterocycles. The largest absolute Gasteiger partial charge is 0.396 e. The van der Waals surface area contributed by atoms with Gasteiger partial charge in [-0.2, -0.15) is 5.10 Å². The van der Waals surface area contributed by atoms with Crippen LogP contribution in [0, 0.1) is 11.8 Å². The van der Waals surface area contributed by atoms with Gasteiger partial charge in [-0.05, 0) is 17.9 Å². The average Bonchev–Trinajstić information content (AvgIpc) is 3.01. The smallest absolute Gasteiger partial charge is 0.214 e. The molecule has 2 aliphatic rings. The van der Waals surface area contributed by atoms with Gasteiger partial charge in [0, 0.05) is 44.8 Å². The molecule has 0 unspecified atom stereocenters. The van der Waals surface area contributed by atoms with E-state index in [1.807, 2.05) is 13.2 Å². The molecular formula is C14H23N3O3S. The van der Waals surface area contributed by atoms with Crippen molar-refractivity contribution < 1.29 is 13.5 Å². The second kappa shape index (κ2) is 5.70. The van der Waals surface area contributed by atoms with Crippen molar-refractivity contribution in [3.05, 3.63) is 18.0 Å². The summed E-state index contributed by atoms with van der Waals surface area (Å²) >= 11 is 0. The maximum absolute atomic E-state index is 12.4. The van der Waals surface area contributed by atoms with Crippen molar-refractivity contribution in [2.24, 2.45) is 18.9 Å². The minimum absolute atomic E-state index is 0.00814. The molecule has 1 aromatic rings. The number of rotatable bonds is 6. The Morgan fingerprint density at radius 3 is 2.71 bits per heavy atom. The topological polar surface area (TPSA) is 75.4 Å². The van der Waals surface area contributed by atoms with Crippen molar-refractivity contribution in [1.29, 1.82) is 0 Å². The van der Waals surface area contributed by atoms with Crippen molar-refractivity contribution in [2.75, 3.05) is 25.4 Å². The van der Waals surface area contributed by atoms with Crippen molar-refractivity contribution in [3.8, 4) is 0 Å². The van der Waals surface area contributed by atoms with Crippen LogP contribution in [0.25, 0.3) is 0 Å². The number of nitrogens with zero attached hydrogens (tertiary/aromatic N) is 3. The molecule has 2 fully saturated rings. The molecule has 1 saturated carbocycles. The fraction of sp³-hybridized carbons (Fsp3) is 0.786. The first-order valence-electron chi connectivity index (χ1n) is 7.57. The number of hydrogen-bond donors (Lipinski definition) is 1. The Kier molecular flexibility index (Phi) is 4.07. The van der Waals surface area contributed by atoms with Gasteiger partial charge in [0.25, 0.3) is 0 Å². The van der Waals surface area contributed by atoms with Gasteiger partial charge in [0.2, 0.25) is 10.0 Å². The van der Waals surface area contributed by atoms with E-state index < -0.39 is 10.0 Å². The molecule has 1 aliphatic carbocycles. The molecule has 0 radical (unpaired) electrons. The Balaban J connectivity index is 1.70. The van der Waals surface area contributed by atoms with E-state index in [0.717, 1.165) is 12.0 Å². The summed E-state index contributed by atoms with van der Waals surface area (Å²) in [5, 5.41) is 13.7. The third-order valence-corrected chi connectivity index (χ3v) is 6.51. The molecule has 2 atom stereocenters. The number of aromatic nitrogens is 2. The Bertz CT molecular complexity index is 594. The third-order valence-electron chi connectivity index (χ3n) is 4.67. The summed E-state index contributed by atoms with van der Waals surface area (Å²) in [5.41, 5.74) is 1.01. The van der Waals surface area contributed by atoms with Gasteiger partial charge in [-0.1, -0.05) is 12.8 Å². The Hall–Kier alpha value is -0.920. The van der Waals surface area contributed by atoms with Crippen LogP contribution in [0.4, 0.5) is 0 Å². The highest BCUT2D eigenvalue weighted by atomic mass is 32.2. The van der Waals surface area contributed by atoms with Gasteiger partial charge in [-0.25, -0.2) is 12.7 Å². The van der Waals surface area contributed by atoms with Crippen LogP contribution in [0.3, 0.4) is 0 Å². The van der Waals surface area contributed by atoms with Crippen LogP contribution in [0.5, 0.6) is 0 Å². The van der Waals surface area contributed by atoms with Gasteiger partial charge in [0.15, 0.2) is 0 Å². The predicted molar refractivity (Wildman–Crippen MR) is 79.2 cm³/mol. The summed E-state index contributed by atoms with van der Waals surface area (Å²) in [5.74, 6) is 0.865. The van der Waals surface area contributed by atoms with E-state index in [9.17, 15) is 13.5 Å². The van der Waals surface area contributed by atoms with E-state index in [4.69, 9.17) is 0 Å². The lowest BCUT2D eigenvalue weighted by molar-refractivity contribution is 0.223. The number of aliphatic hydroxyl groups is 1. The van der Waals surface area contributed by atoms with Crippen LogP contribution >= 0.6 is 0 Å². The van der Waals surface area contributed by atoms with Gasteiger partial charge in [-0.3, -0.25) is 4.68 Å². The van der Waals surface area contributed by atoms with E-state index >= 15 is 0 Å². The minimum Gasteiger partial charge on any atom is -0.396 e. The van der Waals surface area contributed by atoms with Gasteiger partial charge >= 0.3 is 0 Å². The molecular weight excluding hydrogens is 290 g/mol. The molecule has 2 heterocycles.